The van der Waals surface area contributed by atoms with E-state index in [1.54, 1.807) is 7.11 Å². The van der Waals surface area contributed by atoms with Crippen LogP contribution in [0.5, 0.6) is 5.75 Å². The minimum absolute atomic E-state index is 0.0106. The third-order valence-electron chi connectivity index (χ3n) is 10.1. The maximum Gasteiger partial charge on any atom is 0.411 e. The van der Waals surface area contributed by atoms with Crippen LogP contribution in [0.15, 0.2) is 78.9 Å². The molecule has 1 heterocycles. The lowest BCUT2D eigenvalue weighted by atomic mass is 10.0. The summed E-state index contributed by atoms with van der Waals surface area (Å²) in [4.78, 5) is 17.8. The van der Waals surface area contributed by atoms with Crippen molar-refractivity contribution in [2.45, 2.75) is 109 Å². The van der Waals surface area contributed by atoms with Crippen LogP contribution in [0.2, 0.25) is 0 Å². The van der Waals surface area contributed by atoms with Gasteiger partial charge in [0.2, 0.25) is 0 Å². The fourth-order valence-corrected chi connectivity index (χ4v) is 7.01. The van der Waals surface area contributed by atoms with Crippen molar-refractivity contribution in [3.05, 3.63) is 84.4 Å². The Morgan fingerprint density at radius 3 is 2.02 bits per heavy atom. The van der Waals surface area contributed by atoms with Gasteiger partial charge in [0.15, 0.2) is 0 Å². The molecule has 0 unspecified atom stereocenters. The van der Waals surface area contributed by atoms with E-state index in [-0.39, 0.29) is 12.2 Å². The predicted octanol–water partition coefficient (Wildman–Crippen LogP) is 10.6. The minimum Gasteiger partial charge on any atom is -0.496 e. The van der Waals surface area contributed by atoms with Gasteiger partial charge in [0.25, 0.3) is 0 Å². The van der Waals surface area contributed by atoms with Gasteiger partial charge in [-0.1, -0.05) is 125 Å². The van der Waals surface area contributed by atoms with E-state index in [0.29, 0.717) is 6.61 Å². The Bertz CT molecular complexity index is 1340. The van der Waals surface area contributed by atoms with Crippen LogP contribution >= 0.6 is 0 Å². The van der Waals surface area contributed by atoms with Crippen LogP contribution in [-0.2, 0) is 16.1 Å². The molecule has 3 aromatic carbocycles. The molecule has 0 aliphatic carbocycles. The highest BCUT2D eigenvalue weighted by molar-refractivity contribution is 5.91. The molecule has 0 atom stereocenters. The number of nitrogens with zero attached hydrogens (tertiary/aromatic N) is 2. The molecule has 0 radical (unpaired) electrons. The van der Waals surface area contributed by atoms with E-state index in [4.69, 9.17) is 14.2 Å². The van der Waals surface area contributed by atoms with Crippen molar-refractivity contribution in [3.8, 4) is 16.9 Å². The lowest BCUT2D eigenvalue weighted by molar-refractivity contribution is 0.0584. The molecular formula is C44H65N3O4. The van der Waals surface area contributed by atoms with E-state index in [1.807, 2.05) is 60.7 Å². The first-order valence-corrected chi connectivity index (χ1v) is 19.8. The topological polar surface area (TPSA) is 63.3 Å². The number of piperidine rings is 1. The largest absolute Gasteiger partial charge is 0.496 e. The standard InChI is InChI=1S/C44H65N3O4/c1-46(32-20-10-11-22-36-50-37-39-25-15-18-28-43(39)49-2)31-19-8-6-4-3-5-7-9-21-33-47-34-29-40(30-35-47)51-44(48)45-42-27-17-16-26-41(42)38-23-13-12-14-24-38/h12-18,23-28,40H,3-11,19-22,29-37H2,1-2H3,(H,45,48). The van der Waals surface area contributed by atoms with Crippen LogP contribution in [0.1, 0.15) is 102 Å². The highest BCUT2D eigenvalue weighted by atomic mass is 16.6. The maximum absolute atomic E-state index is 12.7. The van der Waals surface area contributed by atoms with Crippen molar-refractivity contribution in [1.82, 2.24) is 9.80 Å². The highest BCUT2D eigenvalue weighted by Crippen LogP contribution is 2.28. The molecule has 7 heteroatoms. The highest BCUT2D eigenvalue weighted by Gasteiger charge is 2.22. The Labute approximate surface area is 309 Å². The van der Waals surface area contributed by atoms with Crippen molar-refractivity contribution < 1.29 is 19.0 Å². The summed E-state index contributed by atoms with van der Waals surface area (Å²) in [6.07, 6.45) is 18.5. The van der Waals surface area contributed by atoms with Gasteiger partial charge in [-0.25, -0.2) is 4.79 Å². The summed E-state index contributed by atoms with van der Waals surface area (Å²) in [6, 6.07) is 26.1. The molecule has 1 N–H and O–H groups in total. The smallest absolute Gasteiger partial charge is 0.411 e. The van der Waals surface area contributed by atoms with Crippen LogP contribution < -0.4 is 10.1 Å². The average molecular weight is 700 g/mol. The fraction of sp³-hybridized carbons (Fsp3) is 0.568. The maximum atomic E-state index is 12.7. The van der Waals surface area contributed by atoms with Gasteiger partial charge in [0.1, 0.15) is 11.9 Å². The third-order valence-corrected chi connectivity index (χ3v) is 10.1. The Morgan fingerprint density at radius 2 is 1.31 bits per heavy atom. The Balaban J connectivity index is 0.894. The first-order valence-electron chi connectivity index (χ1n) is 19.8. The number of ether oxygens (including phenoxy) is 3. The van der Waals surface area contributed by atoms with Gasteiger partial charge >= 0.3 is 6.09 Å². The van der Waals surface area contributed by atoms with Crippen molar-refractivity contribution in [1.29, 1.82) is 0 Å². The molecule has 4 rings (SSSR count). The number of hydrogen-bond acceptors (Lipinski definition) is 6. The lowest BCUT2D eigenvalue weighted by Gasteiger charge is -2.31. The van der Waals surface area contributed by atoms with Crippen LogP contribution in [-0.4, -0.2) is 75.5 Å². The number of methoxy groups -OCH3 is 1. The number of amides is 1. The molecule has 280 valence electrons. The molecule has 1 amide bonds. The molecule has 7 nitrogen and oxygen atoms in total. The van der Waals surface area contributed by atoms with E-state index >= 15 is 0 Å². The van der Waals surface area contributed by atoms with Crippen LogP contribution in [0.3, 0.4) is 0 Å². The summed E-state index contributed by atoms with van der Waals surface area (Å²) < 4.78 is 17.1. The zero-order valence-electron chi connectivity index (χ0n) is 31.7. The first-order chi connectivity index (χ1) is 25.1. The predicted molar refractivity (Wildman–Crippen MR) is 212 cm³/mol. The molecular weight excluding hydrogens is 635 g/mol. The van der Waals surface area contributed by atoms with Gasteiger partial charge in [-0.15, -0.1) is 0 Å². The average Bonchev–Trinajstić information content (AvgIpc) is 3.16. The zero-order chi connectivity index (χ0) is 35.8. The number of rotatable bonds is 25. The summed E-state index contributed by atoms with van der Waals surface area (Å²) in [6.45, 7) is 7.06. The number of likely N-dealkylation sites (tertiary alicyclic amines) is 1. The van der Waals surface area contributed by atoms with Crippen LogP contribution in [0.25, 0.3) is 11.1 Å². The fourth-order valence-electron chi connectivity index (χ4n) is 7.01. The Kier molecular flexibility index (Phi) is 19.6. The lowest BCUT2D eigenvalue weighted by Crippen LogP contribution is -2.38. The van der Waals surface area contributed by atoms with Crippen LogP contribution in [0, 0.1) is 0 Å². The molecule has 0 bridgehead atoms. The summed E-state index contributed by atoms with van der Waals surface area (Å²) in [7, 11) is 3.99. The van der Waals surface area contributed by atoms with Crippen LogP contribution in [0.4, 0.5) is 10.5 Å². The number of carbonyl (C=O) groups excluding carboxylic acids is 1. The molecule has 0 aromatic heterocycles. The van der Waals surface area contributed by atoms with Gasteiger partial charge in [-0.2, -0.15) is 0 Å². The van der Waals surface area contributed by atoms with E-state index in [2.05, 4.69) is 40.4 Å². The molecule has 51 heavy (non-hydrogen) atoms. The number of para-hydroxylation sites is 2. The third kappa shape index (κ3) is 16.2. The number of carbonyl (C=O) groups is 1. The zero-order valence-corrected chi connectivity index (χ0v) is 31.7. The van der Waals surface area contributed by atoms with Crippen molar-refractivity contribution >= 4 is 11.8 Å². The van der Waals surface area contributed by atoms with Gasteiger partial charge in [-0.05, 0) is 82.9 Å². The van der Waals surface area contributed by atoms with Gasteiger partial charge in [-0.3, -0.25) is 5.32 Å². The second-order valence-electron chi connectivity index (χ2n) is 14.2. The molecule has 1 saturated heterocycles. The second-order valence-corrected chi connectivity index (χ2v) is 14.2. The van der Waals surface area contributed by atoms with Gasteiger partial charge in [0, 0.05) is 30.8 Å². The SMILES string of the molecule is COc1ccccc1COCCCCCCN(C)CCCCCCCCCCCN1CCC(OC(=O)Nc2ccccc2-c2ccccc2)CC1. The first kappa shape index (κ1) is 40.4. The quantitative estimate of drug-likeness (QED) is 0.0889. The van der Waals surface area contributed by atoms with Crippen molar-refractivity contribution in [2.75, 3.05) is 58.8 Å². The van der Waals surface area contributed by atoms with Crippen molar-refractivity contribution in [3.63, 3.8) is 0 Å². The van der Waals surface area contributed by atoms with E-state index < -0.39 is 0 Å². The van der Waals surface area contributed by atoms with Gasteiger partial charge < -0.3 is 24.0 Å². The summed E-state index contributed by atoms with van der Waals surface area (Å²) in [5, 5.41) is 2.98. The molecule has 0 saturated carbocycles. The summed E-state index contributed by atoms with van der Waals surface area (Å²) >= 11 is 0. The monoisotopic (exact) mass is 699 g/mol. The van der Waals surface area contributed by atoms with Gasteiger partial charge in [0.05, 0.1) is 19.4 Å². The van der Waals surface area contributed by atoms with E-state index in [1.165, 1.54) is 90.1 Å². The molecule has 0 spiro atoms. The normalized spacial score (nSPS) is 13.8. The van der Waals surface area contributed by atoms with E-state index in [9.17, 15) is 4.79 Å². The summed E-state index contributed by atoms with van der Waals surface area (Å²) in [5.41, 5.74) is 3.98. The number of nitrogens with one attached hydrogen (secondary N) is 1. The molecule has 1 fully saturated rings. The Hall–Kier alpha value is -3.39. The molecule has 1 aliphatic rings. The number of benzene rings is 3. The summed E-state index contributed by atoms with van der Waals surface area (Å²) in [5.74, 6) is 0.908. The number of hydrogen-bond donors (Lipinski definition) is 1. The van der Waals surface area contributed by atoms with Crippen molar-refractivity contribution in [2.24, 2.45) is 0 Å². The van der Waals surface area contributed by atoms with E-state index in [0.717, 1.165) is 73.6 Å². The second kappa shape index (κ2) is 24.7. The Morgan fingerprint density at radius 1 is 0.725 bits per heavy atom. The number of anilines is 1. The minimum atomic E-state index is -0.356. The molecule has 1 aliphatic heterocycles. The molecule has 3 aromatic rings. The number of unbranched alkanes of at least 4 members (excludes halogenated alkanes) is 11.